The lowest BCUT2D eigenvalue weighted by Gasteiger charge is -2.24. The Balaban J connectivity index is 2.68. The predicted molar refractivity (Wildman–Crippen MR) is 68.2 cm³/mol. The van der Waals surface area contributed by atoms with Gasteiger partial charge in [0, 0.05) is 17.8 Å². The number of nitrogens with zero attached hydrogens (tertiary/aromatic N) is 3. The van der Waals surface area contributed by atoms with Gasteiger partial charge in [-0.25, -0.2) is 14.8 Å². The summed E-state index contributed by atoms with van der Waals surface area (Å²) in [5, 5.41) is 0.983. The van der Waals surface area contributed by atoms with Crippen molar-refractivity contribution in [2.24, 2.45) is 0 Å². The van der Waals surface area contributed by atoms with Crippen LogP contribution in [0.25, 0.3) is 11.0 Å². The van der Waals surface area contributed by atoms with Crippen LogP contribution in [0.5, 0.6) is 0 Å². The Morgan fingerprint density at radius 1 is 1.50 bits per heavy atom. The van der Waals surface area contributed by atoms with E-state index in [1.54, 1.807) is 6.20 Å². The van der Waals surface area contributed by atoms with Crippen LogP contribution >= 0.6 is 0 Å². The van der Waals surface area contributed by atoms with Gasteiger partial charge in [-0.3, -0.25) is 0 Å². The first-order valence-electron chi connectivity index (χ1n) is 5.91. The maximum absolute atomic E-state index is 11.9. The molecule has 0 aromatic carbocycles. The van der Waals surface area contributed by atoms with Crippen molar-refractivity contribution in [1.29, 1.82) is 0 Å². The summed E-state index contributed by atoms with van der Waals surface area (Å²) in [4.78, 5) is 20.2. The zero-order valence-electron chi connectivity index (χ0n) is 11.1. The summed E-state index contributed by atoms with van der Waals surface area (Å²) < 4.78 is 6.71. The molecule has 5 heteroatoms. The van der Waals surface area contributed by atoms with Crippen LogP contribution in [0.4, 0.5) is 0 Å². The molecule has 0 fully saturated rings. The summed E-state index contributed by atoms with van der Waals surface area (Å²) in [7, 11) is 1.39. The van der Waals surface area contributed by atoms with Crippen LogP contribution in [-0.4, -0.2) is 27.6 Å². The van der Waals surface area contributed by atoms with Gasteiger partial charge < -0.3 is 9.30 Å². The van der Waals surface area contributed by atoms with Gasteiger partial charge in [-0.05, 0) is 25.8 Å². The van der Waals surface area contributed by atoms with Crippen LogP contribution in [0.3, 0.4) is 0 Å². The lowest BCUT2D eigenvalue weighted by Crippen LogP contribution is -2.36. The summed E-state index contributed by atoms with van der Waals surface area (Å²) in [5.41, 5.74) is 1.11. The van der Waals surface area contributed by atoms with Crippen LogP contribution < -0.4 is 0 Å². The molecule has 0 unspecified atom stereocenters. The highest BCUT2D eigenvalue weighted by molar-refractivity contribution is 5.84. The molecule has 96 valence electrons. The van der Waals surface area contributed by atoms with Gasteiger partial charge in [-0.2, -0.15) is 0 Å². The quantitative estimate of drug-likeness (QED) is 0.777. The Kier molecular flexibility index (Phi) is 3.07. The minimum Gasteiger partial charge on any atom is -0.467 e. The second-order valence-corrected chi connectivity index (χ2v) is 4.69. The van der Waals surface area contributed by atoms with Gasteiger partial charge in [-0.15, -0.1) is 0 Å². The van der Waals surface area contributed by atoms with Gasteiger partial charge in [0.25, 0.3) is 0 Å². The minimum absolute atomic E-state index is 0.291. The zero-order valence-corrected chi connectivity index (χ0v) is 11.1. The number of esters is 1. The summed E-state index contributed by atoms with van der Waals surface area (Å²) in [6.07, 6.45) is 6.10. The highest BCUT2D eigenvalue weighted by atomic mass is 16.5. The summed E-state index contributed by atoms with van der Waals surface area (Å²) >= 11 is 0. The number of rotatable bonds is 3. The molecule has 0 aliphatic heterocycles. The first-order chi connectivity index (χ1) is 8.52. The summed E-state index contributed by atoms with van der Waals surface area (Å²) in [5.74, 6) is -0.291. The zero-order chi connectivity index (χ0) is 13.3. The molecule has 2 rings (SSSR count). The van der Waals surface area contributed by atoms with E-state index in [0.717, 1.165) is 23.0 Å². The van der Waals surface area contributed by atoms with Gasteiger partial charge in [0.1, 0.15) is 17.5 Å². The number of ether oxygens (including phenoxy) is 1. The van der Waals surface area contributed by atoms with Gasteiger partial charge in [-0.1, -0.05) is 6.92 Å². The number of methoxy groups -OCH3 is 1. The molecule has 2 aromatic rings. The smallest absolute Gasteiger partial charge is 0.331 e. The molecule has 5 nitrogen and oxygen atoms in total. The molecule has 0 aliphatic carbocycles. The molecular weight excluding hydrogens is 230 g/mol. The largest absolute Gasteiger partial charge is 0.467 e. The third kappa shape index (κ3) is 1.75. The molecule has 0 saturated carbocycles. The Morgan fingerprint density at radius 3 is 2.83 bits per heavy atom. The molecule has 18 heavy (non-hydrogen) atoms. The monoisotopic (exact) mass is 247 g/mol. The van der Waals surface area contributed by atoms with E-state index in [-0.39, 0.29) is 5.97 Å². The molecule has 2 aromatic heterocycles. The Morgan fingerprint density at radius 2 is 2.22 bits per heavy atom. The fourth-order valence-corrected chi connectivity index (χ4v) is 2.08. The van der Waals surface area contributed by atoms with Crippen molar-refractivity contribution >= 4 is 17.0 Å². The van der Waals surface area contributed by atoms with Crippen molar-refractivity contribution in [1.82, 2.24) is 14.5 Å². The van der Waals surface area contributed by atoms with E-state index in [1.165, 1.54) is 13.4 Å². The van der Waals surface area contributed by atoms with Crippen LogP contribution in [0, 0.1) is 0 Å². The molecular formula is C13H17N3O2. The van der Waals surface area contributed by atoms with Gasteiger partial charge in [0.2, 0.25) is 0 Å². The Labute approximate surface area is 106 Å². The number of carbonyl (C=O) groups excluding carboxylic acids is 1. The van der Waals surface area contributed by atoms with Crippen molar-refractivity contribution < 1.29 is 9.53 Å². The molecule has 0 saturated heterocycles. The van der Waals surface area contributed by atoms with E-state index in [1.807, 2.05) is 24.6 Å². The standard InChI is InChI=1S/C13H17N3O2/c1-5-9-7-16(13(2,3)12(17)18-4)11-10(9)6-14-8-15-11/h6-8H,5H2,1-4H3. The highest BCUT2D eigenvalue weighted by Crippen LogP contribution is 2.27. The van der Waals surface area contributed by atoms with E-state index in [0.29, 0.717) is 0 Å². The van der Waals surface area contributed by atoms with Crippen molar-refractivity contribution in [2.75, 3.05) is 7.11 Å². The molecule has 0 aliphatic rings. The Hall–Kier alpha value is -1.91. The molecule has 0 bridgehead atoms. The Bertz CT molecular complexity index is 587. The normalized spacial score (nSPS) is 11.8. The number of aryl methyl sites for hydroxylation is 1. The van der Waals surface area contributed by atoms with Gasteiger partial charge in [0.05, 0.1) is 7.11 Å². The van der Waals surface area contributed by atoms with Crippen molar-refractivity contribution in [3.05, 3.63) is 24.3 Å². The molecule has 0 atom stereocenters. The topological polar surface area (TPSA) is 57.0 Å². The molecule has 0 N–H and O–H groups in total. The lowest BCUT2D eigenvalue weighted by molar-refractivity contribution is -0.149. The van der Waals surface area contributed by atoms with E-state index >= 15 is 0 Å². The average molecular weight is 247 g/mol. The molecule has 2 heterocycles. The second-order valence-electron chi connectivity index (χ2n) is 4.69. The summed E-state index contributed by atoms with van der Waals surface area (Å²) in [6.45, 7) is 5.71. The fourth-order valence-electron chi connectivity index (χ4n) is 2.08. The SMILES string of the molecule is CCc1cn(C(C)(C)C(=O)OC)c2ncncc12. The van der Waals surface area contributed by atoms with Gasteiger partial charge >= 0.3 is 5.97 Å². The predicted octanol–water partition coefficient (Wildman–Crippen LogP) is 1.90. The van der Waals surface area contributed by atoms with Crippen molar-refractivity contribution in [3.63, 3.8) is 0 Å². The molecule has 0 amide bonds. The van der Waals surface area contributed by atoms with E-state index in [2.05, 4.69) is 16.9 Å². The van der Waals surface area contributed by atoms with E-state index in [9.17, 15) is 4.79 Å². The number of aromatic nitrogens is 3. The van der Waals surface area contributed by atoms with Gasteiger partial charge in [0.15, 0.2) is 0 Å². The maximum Gasteiger partial charge on any atom is 0.331 e. The van der Waals surface area contributed by atoms with Crippen LogP contribution in [-0.2, 0) is 21.5 Å². The third-order valence-corrected chi connectivity index (χ3v) is 3.22. The molecule has 0 radical (unpaired) electrons. The highest BCUT2D eigenvalue weighted by Gasteiger charge is 2.32. The number of fused-ring (bicyclic) bond motifs is 1. The lowest BCUT2D eigenvalue weighted by atomic mass is 10.1. The maximum atomic E-state index is 11.9. The summed E-state index contributed by atoms with van der Waals surface area (Å²) in [6, 6.07) is 0. The van der Waals surface area contributed by atoms with E-state index in [4.69, 9.17) is 4.74 Å². The first kappa shape index (κ1) is 12.5. The first-order valence-corrected chi connectivity index (χ1v) is 5.91. The fraction of sp³-hybridized carbons (Fsp3) is 0.462. The minimum atomic E-state index is -0.783. The van der Waals surface area contributed by atoms with Crippen molar-refractivity contribution in [2.45, 2.75) is 32.7 Å². The van der Waals surface area contributed by atoms with Crippen molar-refractivity contribution in [3.8, 4) is 0 Å². The van der Waals surface area contributed by atoms with E-state index < -0.39 is 5.54 Å². The number of hydrogen-bond acceptors (Lipinski definition) is 4. The number of carbonyl (C=O) groups is 1. The average Bonchev–Trinajstić information content (AvgIpc) is 2.77. The number of hydrogen-bond donors (Lipinski definition) is 0. The van der Waals surface area contributed by atoms with Crippen LogP contribution in [0.2, 0.25) is 0 Å². The second kappa shape index (κ2) is 4.40. The third-order valence-electron chi connectivity index (χ3n) is 3.22. The van der Waals surface area contributed by atoms with Crippen LogP contribution in [0.1, 0.15) is 26.3 Å². The van der Waals surface area contributed by atoms with Crippen LogP contribution in [0.15, 0.2) is 18.7 Å². The molecule has 0 spiro atoms.